The van der Waals surface area contributed by atoms with Crippen LogP contribution in [0.2, 0.25) is 0 Å². The van der Waals surface area contributed by atoms with Crippen LogP contribution in [0.15, 0.2) is 36.5 Å². The lowest BCUT2D eigenvalue weighted by molar-refractivity contribution is -0.137. The molecule has 0 saturated heterocycles. The van der Waals surface area contributed by atoms with E-state index in [0.717, 1.165) is 54.0 Å². The summed E-state index contributed by atoms with van der Waals surface area (Å²) in [6.07, 6.45) is 12.0. The van der Waals surface area contributed by atoms with Crippen LogP contribution in [-0.2, 0) is 4.79 Å². The van der Waals surface area contributed by atoms with Crippen molar-refractivity contribution in [3.63, 3.8) is 0 Å². The normalized spacial score (nSPS) is 14.2. The molecule has 35 heavy (non-hydrogen) atoms. The van der Waals surface area contributed by atoms with Gasteiger partial charge in [0.1, 0.15) is 11.6 Å². The number of carboxylic acid groups (broad SMARTS) is 1. The first-order valence-corrected chi connectivity index (χ1v) is 15.6. The predicted octanol–water partition coefficient (Wildman–Crippen LogP) is 7.18. The number of halogens is 1. The molecule has 188 valence electrons. The summed E-state index contributed by atoms with van der Waals surface area (Å²) in [5.41, 5.74) is 1.79. The van der Waals surface area contributed by atoms with Crippen molar-refractivity contribution in [3.05, 3.63) is 36.5 Å². The minimum Gasteiger partial charge on any atom is -0.494 e. The lowest BCUT2D eigenvalue weighted by Gasteiger charge is -2.23. The molecular formula is C25H32IN5O3S. The van der Waals surface area contributed by atoms with Crippen molar-refractivity contribution in [2.24, 2.45) is 0 Å². The highest BCUT2D eigenvalue weighted by atomic mass is 127. The van der Waals surface area contributed by atoms with Crippen molar-refractivity contribution < 1.29 is 14.6 Å². The van der Waals surface area contributed by atoms with Gasteiger partial charge in [-0.3, -0.25) is 8.77 Å². The third-order valence-electron chi connectivity index (χ3n) is 6.20. The maximum Gasteiger partial charge on any atom is 0.303 e. The van der Waals surface area contributed by atoms with Gasteiger partial charge in [-0.2, -0.15) is 9.97 Å². The molecule has 3 aromatic rings. The number of carbonyl (C=O) groups is 1. The molecule has 0 aliphatic heterocycles. The molecule has 3 N–H and O–H groups in total. The molecule has 1 fully saturated rings. The van der Waals surface area contributed by atoms with Gasteiger partial charge in [-0.1, -0.05) is 32.1 Å². The van der Waals surface area contributed by atoms with E-state index in [1.807, 2.05) is 34.4 Å². The zero-order valence-electron chi connectivity index (χ0n) is 19.7. The number of hydrogen-bond donors (Lipinski definition) is 3. The summed E-state index contributed by atoms with van der Waals surface area (Å²) >= 11 is 2.27. The van der Waals surface area contributed by atoms with Crippen molar-refractivity contribution in [1.29, 1.82) is 0 Å². The molecule has 0 radical (unpaired) electrons. The summed E-state index contributed by atoms with van der Waals surface area (Å²) in [7, 11) is 1.59. The summed E-state index contributed by atoms with van der Waals surface area (Å²) in [6, 6.07) is 10.4. The fourth-order valence-electron chi connectivity index (χ4n) is 4.34. The molecule has 0 amide bonds. The number of rotatable bonds is 13. The standard InChI is InChI=1S/C25H32IN5O3S/c26-35-31-16-15-21-23(27-18-8-4-3-5-9-18)29-25(30-24(21)31)28-19-11-13-20(14-12-19)34-17-7-2-1-6-10-22(32)33/h11-16,18H,1-10,17H2,(H,32,33)(H2,27,28,29,30). The van der Waals surface area contributed by atoms with Crippen molar-refractivity contribution in [3.8, 4) is 5.75 Å². The Labute approximate surface area is 222 Å². The Balaban J connectivity index is 1.36. The topological polar surface area (TPSA) is 101 Å². The molecular weight excluding hydrogens is 577 g/mol. The Morgan fingerprint density at radius 3 is 2.60 bits per heavy atom. The highest BCUT2D eigenvalue weighted by Gasteiger charge is 2.18. The lowest BCUT2D eigenvalue weighted by Crippen LogP contribution is -2.23. The third kappa shape index (κ3) is 7.63. The number of hydrogen-bond acceptors (Lipinski definition) is 7. The molecule has 4 rings (SSSR count). The summed E-state index contributed by atoms with van der Waals surface area (Å²) in [5.74, 6) is 1.54. The van der Waals surface area contributed by atoms with Gasteiger partial charge in [0, 0.05) is 54.7 Å². The van der Waals surface area contributed by atoms with Gasteiger partial charge in [0.2, 0.25) is 5.95 Å². The molecule has 8 nitrogen and oxygen atoms in total. The number of unbranched alkanes of at least 4 members (excludes halogenated alkanes) is 3. The second-order valence-corrected chi connectivity index (χ2v) is 10.6. The molecule has 1 aliphatic carbocycles. The van der Waals surface area contributed by atoms with Crippen LogP contribution in [0.4, 0.5) is 17.5 Å². The average molecular weight is 610 g/mol. The number of carboxylic acids is 1. The predicted molar refractivity (Wildman–Crippen MR) is 151 cm³/mol. The molecule has 10 heteroatoms. The number of anilines is 3. The fourth-order valence-corrected chi connectivity index (χ4v) is 5.60. The largest absolute Gasteiger partial charge is 0.494 e. The van der Waals surface area contributed by atoms with E-state index in [9.17, 15) is 4.79 Å². The molecule has 0 bridgehead atoms. The van der Waals surface area contributed by atoms with E-state index in [1.165, 1.54) is 32.1 Å². The molecule has 1 aromatic carbocycles. The van der Waals surface area contributed by atoms with Crippen molar-refractivity contribution in [2.75, 3.05) is 17.2 Å². The first-order valence-electron chi connectivity index (χ1n) is 12.3. The van der Waals surface area contributed by atoms with Crippen LogP contribution in [0.25, 0.3) is 11.0 Å². The van der Waals surface area contributed by atoms with Crippen LogP contribution in [0.1, 0.15) is 64.2 Å². The first-order chi connectivity index (χ1) is 17.1. The number of nitrogens with zero attached hydrogens (tertiary/aromatic N) is 3. The maximum absolute atomic E-state index is 10.5. The van der Waals surface area contributed by atoms with E-state index in [4.69, 9.17) is 19.8 Å². The SMILES string of the molecule is O=C(O)CCCCCCOc1ccc(Nc2nc(NC3CCCCC3)c3ccn(SI)c3n2)cc1. The van der Waals surface area contributed by atoms with E-state index < -0.39 is 5.97 Å². The number of nitrogens with one attached hydrogen (secondary N) is 2. The van der Waals surface area contributed by atoms with E-state index in [1.54, 1.807) is 9.12 Å². The number of ether oxygens (including phenoxy) is 1. The molecule has 2 aromatic heterocycles. The van der Waals surface area contributed by atoms with Gasteiger partial charge in [0.05, 0.1) is 12.0 Å². The Kier molecular flexibility index (Phi) is 9.75. The Morgan fingerprint density at radius 1 is 1.09 bits per heavy atom. The van der Waals surface area contributed by atoms with Crippen LogP contribution in [0.5, 0.6) is 5.75 Å². The monoisotopic (exact) mass is 609 g/mol. The van der Waals surface area contributed by atoms with Gasteiger partial charge in [0.15, 0.2) is 5.65 Å². The molecule has 0 unspecified atom stereocenters. The van der Waals surface area contributed by atoms with Crippen molar-refractivity contribution in [2.45, 2.75) is 70.3 Å². The summed E-state index contributed by atoms with van der Waals surface area (Å²) in [6.45, 7) is 0.626. The van der Waals surface area contributed by atoms with E-state index in [-0.39, 0.29) is 6.42 Å². The molecule has 1 aliphatic rings. The summed E-state index contributed by atoms with van der Waals surface area (Å²) in [4.78, 5) is 20.2. The van der Waals surface area contributed by atoms with E-state index in [0.29, 0.717) is 18.6 Å². The molecule has 0 spiro atoms. The highest BCUT2D eigenvalue weighted by Crippen LogP contribution is 2.31. The highest BCUT2D eigenvalue weighted by molar-refractivity contribution is 14.2. The molecule has 1 saturated carbocycles. The smallest absolute Gasteiger partial charge is 0.303 e. The van der Waals surface area contributed by atoms with Gasteiger partial charge in [0.25, 0.3) is 0 Å². The van der Waals surface area contributed by atoms with Crippen LogP contribution >= 0.6 is 30.3 Å². The van der Waals surface area contributed by atoms with Crippen molar-refractivity contribution >= 4 is 64.8 Å². The Morgan fingerprint density at radius 2 is 1.86 bits per heavy atom. The average Bonchev–Trinajstić information content (AvgIpc) is 3.28. The minimum atomic E-state index is -0.727. The maximum atomic E-state index is 10.5. The van der Waals surface area contributed by atoms with Gasteiger partial charge < -0.3 is 20.5 Å². The number of aliphatic carboxylic acids is 1. The zero-order valence-corrected chi connectivity index (χ0v) is 22.7. The van der Waals surface area contributed by atoms with Crippen LogP contribution in [0, 0.1) is 0 Å². The lowest BCUT2D eigenvalue weighted by atomic mass is 9.95. The van der Waals surface area contributed by atoms with E-state index >= 15 is 0 Å². The van der Waals surface area contributed by atoms with Gasteiger partial charge >= 0.3 is 5.97 Å². The van der Waals surface area contributed by atoms with E-state index in [2.05, 4.69) is 37.9 Å². The van der Waals surface area contributed by atoms with Gasteiger partial charge in [-0.05, 0) is 56.0 Å². The number of benzene rings is 1. The number of fused-ring (bicyclic) bond motifs is 1. The van der Waals surface area contributed by atoms with Crippen LogP contribution in [0.3, 0.4) is 0 Å². The van der Waals surface area contributed by atoms with Crippen LogP contribution in [-0.4, -0.2) is 37.7 Å². The second kappa shape index (κ2) is 13.2. The van der Waals surface area contributed by atoms with Crippen molar-refractivity contribution in [1.82, 2.24) is 13.9 Å². The number of aromatic nitrogens is 3. The van der Waals surface area contributed by atoms with Gasteiger partial charge in [-0.25, -0.2) is 0 Å². The molecule has 0 atom stereocenters. The Bertz CT molecular complexity index is 1100. The summed E-state index contributed by atoms with van der Waals surface area (Å²) < 4.78 is 7.88. The van der Waals surface area contributed by atoms with Gasteiger partial charge in [-0.15, -0.1) is 0 Å². The quantitative estimate of drug-likeness (QED) is 0.138. The molecule has 2 heterocycles. The minimum absolute atomic E-state index is 0.243. The fraction of sp³-hybridized carbons (Fsp3) is 0.480. The van der Waals surface area contributed by atoms with Crippen LogP contribution < -0.4 is 15.4 Å². The Hall–Kier alpha value is -2.21. The first kappa shape index (κ1) is 25.9. The zero-order chi connectivity index (χ0) is 24.5. The summed E-state index contributed by atoms with van der Waals surface area (Å²) in [5, 5.41) is 16.7. The second-order valence-electron chi connectivity index (χ2n) is 8.88. The third-order valence-corrected chi connectivity index (χ3v) is 7.91.